The number of nitrogens with zero attached hydrogens (tertiary/aromatic N) is 2. The lowest BCUT2D eigenvalue weighted by Gasteiger charge is -2.23. The Kier molecular flexibility index (Phi) is 8.30. The zero-order valence-corrected chi connectivity index (χ0v) is 12.1. The van der Waals surface area contributed by atoms with Crippen LogP contribution in [0.3, 0.4) is 0 Å². The molecule has 8 heteroatoms. The molecule has 0 spiro atoms. The Morgan fingerprint density at radius 2 is 1.75 bits per heavy atom. The van der Waals surface area contributed by atoms with Gasteiger partial charge < -0.3 is 25.3 Å². The Balaban J connectivity index is 4.10. The van der Waals surface area contributed by atoms with E-state index in [1.807, 2.05) is 13.8 Å². The summed E-state index contributed by atoms with van der Waals surface area (Å²) in [6, 6.07) is -0.483. The lowest BCUT2D eigenvalue weighted by molar-refractivity contribution is -0.146. The molecule has 0 fully saturated rings. The van der Waals surface area contributed by atoms with Crippen molar-refractivity contribution in [3.8, 4) is 0 Å². The molecule has 8 nitrogen and oxygen atoms in total. The summed E-state index contributed by atoms with van der Waals surface area (Å²) in [5, 5.41) is 19.9. The molecule has 0 saturated heterocycles. The zero-order chi connectivity index (χ0) is 15.7. The van der Waals surface area contributed by atoms with Crippen molar-refractivity contribution in [1.82, 2.24) is 15.1 Å². The predicted octanol–water partition coefficient (Wildman–Crippen LogP) is -0.668. The summed E-state index contributed by atoms with van der Waals surface area (Å²) in [7, 11) is 1.48. The van der Waals surface area contributed by atoms with Crippen molar-refractivity contribution >= 4 is 17.9 Å². The number of carbonyl (C=O) groups excluding carboxylic acids is 2. The molecule has 3 amide bonds. The molecule has 0 bridgehead atoms. The van der Waals surface area contributed by atoms with E-state index < -0.39 is 18.1 Å². The van der Waals surface area contributed by atoms with Crippen LogP contribution in [0.1, 0.15) is 20.3 Å². The van der Waals surface area contributed by atoms with Crippen LogP contribution in [0.2, 0.25) is 0 Å². The highest BCUT2D eigenvalue weighted by Gasteiger charge is 2.17. The van der Waals surface area contributed by atoms with E-state index in [0.717, 1.165) is 0 Å². The molecule has 0 aromatic heterocycles. The maximum absolute atomic E-state index is 11.8. The van der Waals surface area contributed by atoms with Crippen molar-refractivity contribution in [3.63, 3.8) is 0 Å². The van der Waals surface area contributed by atoms with Gasteiger partial charge in [0.25, 0.3) is 0 Å². The summed E-state index contributed by atoms with van der Waals surface area (Å²) in [6.45, 7) is 4.85. The summed E-state index contributed by atoms with van der Waals surface area (Å²) < 4.78 is 0. The minimum atomic E-state index is -1.50. The Morgan fingerprint density at radius 3 is 2.20 bits per heavy atom. The summed E-state index contributed by atoms with van der Waals surface area (Å²) >= 11 is 0. The van der Waals surface area contributed by atoms with E-state index >= 15 is 0 Å². The van der Waals surface area contributed by atoms with Crippen LogP contribution in [0.25, 0.3) is 0 Å². The molecule has 0 saturated carbocycles. The van der Waals surface area contributed by atoms with Gasteiger partial charge in [-0.25, -0.2) is 9.59 Å². The standard InChI is InChI=1S/C12H23N3O5/c1-4-15(5-2)10(17)8-14(3)12(20)13-7-6-9(16)11(18)19/h9,16H,4-8H2,1-3H3,(H,13,20)(H,18,19). The molecule has 0 aliphatic rings. The molecule has 3 N–H and O–H groups in total. The fourth-order valence-corrected chi connectivity index (χ4v) is 1.53. The first kappa shape index (κ1) is 18.2. The molecular formula is C12H23N3O5. The average Bonchev–Trinajstić information content (AvgIpc) is 2.39. The van der Waals surface area contributed by atoms with Gasteiger partial charge >= 0.3 is 12.0 Å². The maximum Gasteiger partial charge on any atom is 0.332 e. The normalized spacial score (nSPS) is 11.6. The van der Waals surface area contributed by atoms with Crippen molar-refractivity contribution in [1.29, 1.82) is 0 Å². The van der Waals surface area contributed by atoms with E-state index in [1.54, 1.807) is 4.90 Å². The van der Waals surface area contributed by atoms with Crippen LogP contribution in [0, 0.1) is 0 Å². The Labute approximate surface area is 118 Å². The van der Waals surface area contributed by atoms with Gasteiger partial charge in [0.15, 0.2) is 6.10 Å². The minimum absolute atomic E-state index is 0.0239. The van der Waals surface area contributed by atoms with Crippen LogP contribution in [0.5, 0.6) is 0 Å². The number of aliphatic carboxylic acids is 1. The van der Waals surface area contributed by atoms with Crippen molar-refractivity contribution in [2.45, 2.75) is 26.4 Å². The number of amides is 3. The third-order valence-corrected chi connectivity index (χ3v) is 2.81. The molecule has 0 heterocycles. The zero-order valence-electron chi connectivity index (χ0n) is 12.1. The number of nitrogens with one attached hydrogen (secondary N) is 1. The van der Waals surface area contributed by atoms with Gasteiger partial charge in [-0.3, -0.25) is 4.79 Å². The Hall–Kier alpha value is -1.83. The number of hydrogen-bond acceptors (Lipinski definition) is 4. The van der Waals surface area contributed by atoms with Crippen molar-refractivity contribution in [2.24, 2.45) is 0 Å². The molecule has 0 aliphatic carbocycles. The van der Waals surface area contributed by atoms with Crippen LogP contribution in [0.15, 0.2) is 0 Å². The molecular weight excluding hydrogens is 266 g/mol. The highest BCUT2D eigenvalue weighted by atomic mass is 16.4. The Morgan fingerprint density at radius 1 is 1.20 bits per heavy atom. The number of aliphatic hydroxyl groups excluding tert-OH is 1. The third-order valence-electron chi connectivity index (χ3n) is 2.81. The molecule has 20 heavy (non-hydrogen) atoms. The molecule has 0 rings (SSSR count). The Bertz CT molecular complexity index is 344. The molecule has 0 aromatic rings. The SMILES string of the molecule is CCN(CC)C(=O)CN(C)C(=O)NCCC(O)C(=O)O. The number of hydrogen-bond donors (Lipinski definition) is 3. The van der Waals surface area contributed by atoms with E-state index in [9.17, 15) is 14.4 Å². The minimum Gasteiger partial charge on any atom is -0.479 e. The molecule has 1 unspecified atom stereocenters. The van der Waals surface area contributed by atoms with Gasteiger partial charge in [-0.1, -0.05) is 0 Å². The van der Waals surface area contributed by atoms with Crippen LogP contribution in [-0.4, -0.2) is 77.3 Å². The second-order valence-corrected chi connectivity index (χ2v) is 4.30. The van der Waals surface area contributed by atoms with E-state index in [4.69, 9.17) is 10.2 Å². The molecule has 0 radical (unpaired) electrons. The molecule has 0 aromatic carbocycles. The summed E-state index contributed by atoms with van der Waals surface area (Å²) in [5.74, 6) is -1.48. The highest BCUT2D eigenvalue weighted by Crippen LogP contribution is 1.94. The van der Waals surface area contributed by atoms with Crippen molar-refractivity contribution in [2.75, 3.05) is 33.2 Å². The quantitative estimate of drug-likeness (QED) is 0.549. The lowest BCUT2D eigenvalue weighted by atomic mass is 10.2. The highest BCUT2D eigenvalue weighted by molar-refractivity contribution is 5.83. The van der Waals surface area contributed by atoms with Crippen molar-refractivity contribution < 1.29 is 24.6 Å². The fraction of sp³-hybridized carbons (Fsp3) is 0.750. The van der Waals surface area contributed by atoms with Gasteiger partial charge in [-0.15, -0.1) is 0 Å². The van der Waals surface area contributed by atoms with E-state index in [0.29, 0.717) is 13.1 Å². The van der Waals surface area contributed by atoms with Crippen LogP contribution >= 0.6 is 0 Å². The maximum atomic E-state index is 11.8. The monoisotopic (exact) mass is 289 g/mol. The number of carboxylic acid groups (broad SMARTS) is 1. The number of carboxylic acids is 1. The van der Waals surface area contributed by atoms with Crippen LogP contribution in [-0.2, 0) is 9.59 Å². The number of aliphatic hydroxyl groups is 1. The summed E-state index contributed by atoms with van der Waals surface area (Å²) in [6.07, 6.45) is -1.59. The van der Waals surface area contributed by atoms with Crippen LogP contribution in [0.4, 0.5) is 4.79 Å². The molecule has 1 atom stereocenters. The van der Waals surface area contributed by atoms with Crippen LogP contribution < -0.4 is 5.32 Å². The molecule has 116 valence electrons. The third kappa shape index (κ3) is 6.37. The first-order valence-corrected chi connectivity index (χ1v) is 6.51. The van der Waals surface area contributed by atoms with Gasteiger partial charge in [-0.05, 0) is 13.8 Å². The molecule has 0 aliphatic heterocycles. The first-order chi connectivity index (χ1) is 9.33. The largest absolute Gasteiger partial charge is 0.479 e. The van der Waals surface area contributed by atoms with Gasteiger partial charge in [0.05, 0.1) is 0 Å². The van der Waals surface area contributed by atoms with E-state index in [2.05, 4.69) is 5.32 Å². The fourth-order valence-electron chi connectivity index (χ4n) is 1.53. The smallest absolute Gasteiger partial charge is 0.332 e. The number of carbonyl (C=O) groups is 3. The van der Waals surface area contributed by atoms with Gasteiger partial charge in [0.2, 0.25) is 5.91 Å². The van der Waals surface area contributed by atoms with E-state index in [-0.39, 0.29) is 25.4 Å². The predicted molar refractivity (Wildman–Crippen MR) is 72.2 cm³/mol. The number of rotatable bonds is 8. The second kappa shape index (κ2) is 9.13. The summed E-state index contributed by atoms with van der Waals surface area (Å²) in [4.78, 5) is 36.6. The summed E-state index contributed by atoms with van der Waals surface area (Å²) in [5.41, 5.74) is 0. The first-order valence-electron chi connectivity index (χ1n) is 6.51. The van der Waals surface area contributed by atoms with Crippen molar-refractivity contribution in [3.05, 3.63) is 0 Å². The lowest BCUT2D eigenvalue weighted by Crippen LogP contribution is -2.45. The average molecular weight is 289 g/mol. The van der Waals surface area contributed by atoms with Gasteiger partial charge in [0.1, 0.15) is 6.54 Å². The number of urea groups is 1. The van der Waals surface area contributed by atoms with Gasteiger partial charge in [-0.2, -0.15) is 0 Å². The van der Waals surface area contributed by atoms with Gasteiger partial charge in [0, 0.05) is 33.1 Å². The number of likely N-dealkylation sites (N-methyl/N-ethyl adjacent to an activating group) is 2. The second-order valence-electron chi connectivity index (χ2n) is 4.30. The van der Waals surface area contributed by atoms with E-state index in [1.165, 1.54) is 11.9 Å². The topological polar surface area (TPSA) is 110 Å².